The summed E-state index contributed by atoms with van der Waals surface area (Å²) < 4.78 is 0. The van der Waals surface area contributed by atoms with Crippen LogP contribution in [0.4, 0.5) is 0 Å². The van der Waals surface area contributed by atoms with Gasteiger partial charge in [0.25, 0.3) is 0 Å². The Hall–Kier alpha value is -0.340. The molecule has 1 nitrogen and oxygen atoms in total. The van der Waals surface area contributed by atoms with Gasteiger partial charge in [0.15, 0.2) is 0 Å². The van der Waals surface area contributed by atoms with Crippen LogP contribution >= 0.6 is 11.3 Å². The third-order valence-electron chi connectivity index (χ3n) is 3.46. The quantitative estimate of drug-likeness (QED) is 0.786. The van der Waals surface area contributed by atoms with Crippen LogP contribution in [0.1, 0.15) is 32.3 Å². The van der Waals surface area contributed by atoms with Crippen molar-refractivity contribution in [2.45, 2.75) is 39.2 Å². The Morgan fingerprint density at radius 1 is 1.57 bits per heavy atom. The summed E-state index contributed by atoms with van der Waals surface area (Å²) in [6, 6.07) is 2.94. The lowest BCUT2D eigenvalue weighted by Crippen LogP contribution is -2.35. The molecule has 1 aromatic rings. The lowest BCUT2D eigenvalue weighted by Gasteiger charge is -2.23. The number of rotatable bonds is 5. The van der Waals surface area contributed by atoms with E-state index in [1.165, 1.54) is 24.8 Å². The minimum atomic E-state index is 0.580. The highest BCUT2D eigenvalue weighted by molar-refractivity contribution is 7.07. The van der Waals surface area contributed by atoms with Gasteiger partial charge in [0.2, 0.25) is 0 Å². The van der Waals surface area contributed by atoms with E-state index in [2.05, 4.69) is 36.0 Å². The van der Waals surface area contributed by atoms with E-state index in [1.54, 1.807) is 0 Å². The van der Waals surface area contributed by atoms with Crippen LogP contribution in [-0.4, -0.2) is 12.6 Å². The smallest absolute Gasteiger partial charge is 0.00982 e. The summed E-state index contributed by atoms with van der Waals surface area (Å²) in [5.41, 5.74) is 2.11. The molecule has 0 spiro atoms. The predicted octanol–water partition coefficient (Wildman–Crippen LogP) is 3.07. The minimum Gasteiger partial charge on any atom is -0.314 e. The molecule has 0 aromatic carbocycles. The fourth-order valence-electron chi connectivity index (χ4n) is 2.25. The fourth-order valence-corrected chi connectivity index (χ4v) is 2.91. The number of hydrogen-bond donors (Lipinski definition) is 1. The van der Waals surface area contributed by atoms with Gasteiger partial charge in [-0.25, -0.2) is 0 Å². The molecule has 1 aromatic heterocycles. The van der Waals surface area contributed by atoms with Gasteiger partial charge in [-0.3, -0.25) is 0 Å². The van der Waals surface area contributed by atoms with Gasteiger partial charge >= 0.3 is 0 Å². The van der Waals surface area contributed by atoms with Gasteiger partial charge in [-0.1, -0.05) is 6.92 Å². The molecule has 0 radical (unpaired) electrons. The fraction of sp³-hybridized carbons (Fsp3) is 0.667. The molecule has 14 heavy (non-hydrogen) atoms. The van der Waals surface area contributed by atoms with Crippen LogP contribution in [0.5, 0.6) is 0 Å². The van der Waals surface area contributed by atoms with E-state index in [-0.39, 0.29) is 0 Å². The molecule has 0 bridgehead atoms. The van der Waals surface area contributed by atoms with Crippen LogP contribution in [0.25, 0.3) is 0 Å². The molecule has 1 saturated carbocycles. The van der Waals surface area contributed by atoms with Gasteiger partial charge in [0, 0.05) is 6.04 Å². The first-order chi connectivity index (χ1) is 6.77. The summed E-state index contributed by atoms with van der Waals surface area (Å²) in [5, 5.41) is 8.04. The number of thiophene rings is 1. The highest BCUT2D eigenvalue weighted by atomic mass is 32.1. The van der Waals surface area contributed by atoms with Crippen LogP contribution in [0.15, 0.2) is 16.8 Å². The molecular weight excluding hydrogens is 190 g/mol. The normalized spacial score (nSPS) is 20.7. The van der Waals surface area contributed by atoms with E-state index < -0.39 is 0 Å². The zero-order chi connectivity index (χ0) is 10.0. The topological polar surface area (TPSA) is 12.0 Å². The van der Waals surface area contributed by atoms with Crippen molar-refractivity contribution in [2.75, 3.05) is 6.54 Å². The van der Waals surface area contributed by atoms with Gasteiger partial charge < -0.3 is 5.32 Å². The standard InChI is InChI=1S/C12H19NS/c1-3-13-10(2)12(5-6-12)8-11-4-7-14-9-11/h4,7,9-10,13H,3,5-6,8H2,1-2H3. The van der Waals surface area contributed by atoms with Crippen molar-refractivity contribution < 1.29 is 0 Å². The SMILES string of the molecule is CCNC(C)C1(Cc2ccsc2)CC1. The average molecular weight is 209 g/mol. The summed E-state index contributed by atoms with van der Waals surface area (Å²) in [5.74, 6) is 0. The first kappa shape index (κ1) is 10.2. The van der Waals surface area contributed by atoms with E-state index in [1.807, 2.05) is 11.3 Å². The zero-order valence-electron chi connectivity index (χ0n) is 9.05. The molecule has 1 aliphatic carbocycles. The molecule has 2 rings (SSSR count). The highest BCUT2D eigenvalue weighted by Gasteiger charge is 2.46. The van der Waals surface area contributed by atoms with Crippen molar-refractivity contribution in [3.05, 3.63) is 22.4 Å². The Bertz CT molecular complexity index is 275. The number of nitrogens with one attached hydrogen (secondary N) is 1. The lowest BCUT2D eigenvalue weighted by atomic mass is 9.91. The lowest BCUT2D eigenvalue weighted by molar-refractivity contribution is 0.356. The van der Waals surface area contributed by atoms with Crippen LogP contribution in [0, 0.1) is 5.41 Å². The second kappa shape index (κ2) is 4.03. The molecule has 1 unspecified atom stereocenters. The maximum atomic E-state index is 3.56. The molecule has 2 heteroatoms. The van der Waals surface area contributed by atoms with Gasteiger partial charge in [-0.15, -0.1) is 0 Å². The van der Waals surface area contributed by atoms with E-state index in [0.717, 1.165) is 6.54 Å². The molecule has 0 saturated heterocycles. The van der Waals surface area contributed by atoms with Crippen LogP contribution in [-0.2, 0) is 6.42 Å². The molecule has 1 fully saturated rings. The maximum Gasteiger partial charge on any atom is 0.00982 e. The zero-order valence-corrected chi connectivity index (χ0v) is 9.86. The Balaban J connectivity index is 1.96. The maximum absolute atomic E-state index is 3.56. The molecule has 1 aliphatic rings. The van der Waals surface area contributed by atoms with E-state index in [9.17, 15) is 0 Å². The van der Waals surface area contributed by atoms with Crippen molar-refractivity contribution in [3.63, 3.8) is 0 Å². The summed E-state index contributed by atoms with van der Waals surface area (Å²) in [7, 11) is 0. The van der Waals surface area contributed by atoms with Gasteiger partial charge in [0.1, 0.15) is 0 Å². The average Bonchev–Trinajstić information content (AvgIpc) is 2.75. The van der Waals surface area contributed by atoms with Gasteiger partial charge in [0.05, 0.1) is 0 Å². The largest absolute Gasteiger partial charge is 0.314 e. The Morgan fingerprint density at radius 3 is 2.86 bits per heavy atom. The first-order valence-electron chi connectivity index (χ1n) is 5.51. The summed E-state index contributed by atoms with van der Waals surface area (Å²) in [4.78, 5) is 0. The van der Waals surface area contributed by atoms with E-state index in [4.69, 9.17) is 0 Å². The van der Waals surface area contributed by atoms with Gasteiger partial charge in [-0.2, -0.15) is 11.3 Å². The van der Waals surface area contributed by atoms with Crippen molar-refractivity contribution >= 4 is 11.3 Å². The second-order valence-electron chi connectivity index (χ2n) is 4.45. The van der Waals surface area contributed by atoms with Crippen molar-refractivity contribution in [3.8, 4) is 0 Å². The van der Waals surface area contributed by atoms with Crippen molar-refractivity contribution in [2.24, 2.45) is 5.41 Å². The van der Waals surface area contributed by atoms with Crippen LogP contribution < -0.4 is 5.32 Å². The monoisotopic (exact) mass is 209 g/mol. The molecule has 78 valence electrons. The van der Waals surface area contributed by atoms with Gasteiger partial charge in [-0.05, 0) is 60.5 Å². The highest BCUT2D eigenvalue weighted by Crippen LogP contribution is 2.51. The predicted molar refractivity (Wildman–Crippen MR) is 62.8 cm³/mol. The molecular formula is C12H19NS. The minimum absolute atomic E-state index is 0.580. The molecule has 1 atom stereocenters. The van der Waals surface area contributed by atoms with Crippen LogP contribution in [0.2, 0.25) is 0 Å². The Labute approximate surface area is 90.5 Å². The Morgan fingerprint density at radius 2 is 2.36 bits per heavy atom. The Kier molecular flexibility index (Phi) is 2.93. The summed E-state index contributed by atoms with van der Waals surface area (Å²) >= 11 is 1.81. The summed E-state index contributed by atoms with van der Waals surface area (Å²) in [6.45, 7) is 5.62. The molecule has 0 aliphatic heterocycles. The number of hydrogen-bond acceptors (Lipinski definition) is 2. The van der Waals surface area contributed by atoms with Crippen molar-refractivity contribution in [1.82, 2.24) is 5.32 Å². The van der Waals surface area contributed by atoms with Crippen molar-refractivity contribution in [1.29, 1.82) is 0 Å². The van der Waals surface area contributed by atoms with E-state index in [0.29, 0.717) is 11.5 Å². The third kappa shape index (κ3) is 2.01. The van der Waals surface area contributed by atoms with Crippen LogP contribution in [0.3, 0.4) is 0 Å². The second-order valence-corrected chi connectivity index (χ2v) is 5.23. The first-order valence-corrected chi connectivity index (χ1v) is 6.45. The molecule has 1 N–H and O–H groups in total. The summed E-state index contributed by atoms with van der Waals surface area (Å²) in [6.07, 6.45) is 4.07. The van der Waals surface area contributed by atoms with E-state index >= 15 is 0 Å². The molecule has 1 heterocycles. The third-order valence-corrected chi connectivity index (χ3v) is 4.19. The molecule has 0 amide bonds.